The van der Waals surface area contributed by atoms with Crippen molar-refractivity contribution in [1.29, 1.82) is 0 Å². The number of alkyl halides is 1. The van der Waals surface area contributed by atoms with Crippen LogP contribution in [0.4, 0.5) is 4.79 Å². The number of carbonyl (C=O) groups is 1. The Morgan fingerprint density at radius 1 is 1.80 bits per heavy atom. The molecule has 60 valence electrons. The predicted octanol–water partition coefficient (Wildman–Crippen LogP) is 1.84. The Balaban J connectivity index is 3.25. The van der Waals surface area contributed by atoms with Crippen molar-refractivity contribution < 1.29 is 9.53 Å². The minimum Gasteiger partial charge on any atom is -0.430 e. The Labute approximate surface area is 65.5 Å². The summed E-state index contributed by atoms with van der Waals surface area (Å²) in [6.45, 7) is 2.04. The lowest BCUT2D eigenvalue weighted by Gasteiger charge is -2.06. The first-order valence-corrected chi connectivity index (χ1v) is 3.70. The first-order valence-electron chi connectivity index (χ1n) is 3.27. The van der Waals surface area contributed by atoms with Gasteiger partial charge in [-0.15, -0.1) is 0 Å². The molecule has 0 saturated heterocycles. The predicted molar refractivity (Wildman–Crippen MR) is 39.8 cm³/mol. The van der Waals surface area contributed by atoms with E-state index in [1.54, 1.807) is 0 Å². The highest BCUT2D eigenvalue weighted by molar-refractivity contribution is 6.20. The van der Waals surface area contributed by atoms with Gasteiger partial charge in [-0.3, -0.25) is 0 Å². The zero-order valence-electron chi connectivity index (χ0n) is 5.97. The van der Waals surface area contributed by atoms with Gasteiger partial charge < -0.3 is 10.5 Å². The molecule has 10 heavy (non-hydrogen) atoms. The molecule has 0 radical (unpaired) electrons. The minimum atomic E-state index is -0.809. The summed E-state index contributed by atoms with van der Waals surface area (Å²) in [4.78, 5) is 10.1. The Bertz CT molecular complexity index is 108. The SMILES string of the molecule is CCCCC(Cl)OC(N)=O. The fourth-order valence-corrected chi connectivity index (χ4v) is 0.792. The van der Waals surface area contributed by atoms with E-state index in [0.29, 0.717) is 6.42 Å². The Morgan fingerprint density at radius 3 is 2.80 bits per heavy atom. The molecule has 1 unspecified atom stereocenters. The zero-order chi connectivity index (χ0) is 7.98. The molecule has 0 aromatic carbocycles. The van der Waals surface area contributed by atoms with Gasteiger partial charge in [0.25, 0.3) is 0 Å². The number of hydrogen-bond donors (Lipinski definition) is 1. The van der Waals surface area contributed by atoms with Crippen molar-refractivity contribution in [2.75, 3.05) is 0 Å². The summed E-state index contributed by atoms with van der Waals surface area (Å²) in [5.74, 6) is 0. The molecule has 0 aromatic heterocycles. The maximum Gasteiger partial charge on any atom is 0.405 e. The summed E-state index contributed by atoms with van der Waals surface area (Å²) in [5, 5.41) is 0. The number of amides is 1. The highest BCUT2D eigenvalue weighted by atomic mass is 35.5. The van der Waals surface area contributed by atoms with Gasteiger partial charge in [0.15, 0.2) is 5.56 Å². The molecule has 0 aliphatic carbocycles. The monoisotopic (exact) mass is 165 g/mol. The highest BCUT2D eigenvalue weighted by Gasteiger charge is 2.05. The molecule has 0 heterocycles. The Morgan fingerprint density at radius 2 is 2.40 bits per heavy atom. The molecular formula is C6H12ClNO2. The zero-order valence-corrected chi connectivity index (χ0v) is 6.73. The van der Waals surface area contributed by atoms with E-state index in [-0.39, 0.29) is 0 Å². The average Bonchev–Trinajstić information content (AvgIpc) is 1.82. The fourth-order valence-electron chi connectivity index (χ4n) is 0.550. The van der Waals surface area contributed by atoms with E-state index < -0.39 is 11.7 Å². The summed E-state index contributed by atoms with van der Waals surface area (Å²) < 4.78 is 4.46. The van der Waals surface area contributed by atoms with E-state index >= 15 is 0 Å². The first-order chi connectivity index (χ1) is 4.66. The molecule has 1 amide bonds. The maximum atomic E-state index is 10.1. The summed E-state index contributed by atoms with van der Waals surface area (Å²) in [7, 11) is 0. The summed E-state index contributed by atoms with van der Waals surface area (Å²) in [6, 6.07) is 0. The topological polar surface area (TPSA) is 52.3 Å². The Kier molecular flexibility index (Phi) is 5.12. The standard InChI is InChI=1S/C6H12ClNO2/c1-2-3-4-5(7)10-6(8)9/h5H,2-4H2,1H3,(H2,8,9). The average molecular weight is 166 g/mol. The molecule has 0 bridgehead atoms. The van der Waals surface area contributed by atoms with Gasteiger partial charge in [-0.2, -0.15) is 0 Å². The van der Waals surface area contributed by atoms with Crippen LogP contribution in [0.2, 0.25) is 0 Å². The molecule has 0 rings (SSSR count). The van der Waals surface area contributed by atoms with Gasteiger partial charge in [0.1, 0.15) is 0 Å². The lowest BCUT2D eigenvalue weighted by molar-refractivity contribution is 0.138. The van der Waals surface area contributed by atoms with Gasteiger partial charge in [-0.1, -0.05) is 24.9 Å². The van der Waals surface area contributed by atoms with Crippen LogP contribution in [0.25, 0.3) is 0 Å². The molecule has 4 heteroatoms. The van der Waals surface area contributed by atoms with Crippen molar-refractivity contribution in [1.82, 2.24) is 0 Å². The van der Waals surface area contributed by atoms with Crippen LogP contribution in [-0.4, -0.2) is 11.7 Å². The largest absolute Gasteiger partial charge is 0.430 e. The number of rotatable bonds is 4. The Hall–Kier alpha value is -0.440. The van der Waals surface area contributed by atoms with Gasteiger partial charge in [-0.05, 0) is 12.8 Å². The van der Waals surface area contributed by atoms with Crippen LogP contribution >= 0.6 is 11.6 Å². The molecule has 0 aliphatic rings. The van der Waals surface area contributed by atoms with Crippen LogP contribution < -0.4 is 5.73 Å². The van der Waals surface area contributed by atoms with E-state index in [0.717, 1.165) is 12.8 Å². The number of primary amides is 1. The molecule has 3 nitrogen and oxygen atoms in total. The minimum absolute atomic E-state index is 0.558. The molecule has 2 N–H and O–H groups in total. The second kappa shape index (κ2) is 5.35. The smallest absolute Gasteiger partial charge is 0.405 e. The summed E-state index contributed by atoms with van der Waals surface area (Å²) in [6.07, 6.45) is 1.84. The lowest BCUT2D eigenvalue weighted by Crippen LogP contribution is -2.18. The molecule has 0 saturated carbocycles. The van der Waals surface area contributed by atoms with Gasteiger partial charge >= 0.3 is 6.09 Å². The number of unbranched alkanes of at least 4 members (excludes halogenated alkanes) is 1. The quantitative estimate of drug-likeness (QED) is 0.647. The lowest BCUT2D eigenvalue weighted by atomic mass is 10.3. The number of nitrogens with two attached hydrogens (primary N) is 1. The highest BCUT2D eigenvalue weighted by Crippen LogP contribution is 2.07. The number of hydrogen-bond acceptors (Lipinski definition) is 2. The molecule has 1 atom stereocenters. The van der Waals surface area contributed by atoms with Crippen LogP contribution in [-0.2, 0) is 4.74 Å². The molecule has 0 aromatic rings. The molecule has 0 aliphatic heterocycles. The third-order valence-electron chi connectivity index (χ3n) is 1.03. The van der Waals surface area contributed by atoms with Crippen LogP contribution in [0.1, 0.15) is 26.2 Å². The van der Waals surface area contributed by atoms with Crippen molar-refractivity contribution in [3.05, 3.63) is 0 Å². The van der Waals surface area contributed by atoms with Crippen LogP contribution in [0.5, 0.6) is 0 Å². The van der Waals surface area contributed by atoms with Gasteiger partial charge in [0.2, 0.25) is 0 Å². The fraction of sp³-hybridized carbons (Fsp3) is 0.833. The van der Waals surface area contributed by atoms with E-state index in [1.165, 1.54) is 0 Å². The molecule has 0 fully saturated rings. The van der Waals surface area contributed by atoms with E-state index in [2.05, 4.69) is 4.74 Å². The van der Waals surface area contributed by atoms with E-state index in [4.69, 9.17) is 17.3 Å². The number of carbonyl (C=O) groups excluding carboxylic acids is 1. The van der Waals surface area contributed by atoms with E-state index in [1.807, 2.05) is 6.92 Å². The van der Waals surface area contributed by atoms with E-state index in [9.17, 15) is 4.79 Å². The van der Waals surface area contributed by atoms with Crippen molar-refractivity contribution in [3.8, 4) is 0 Å². The van der Waals surface area contributed by atoms with Crippen LogP contribution in [0.15, 0.2) is 0 Å². The third kappa shape index (κ3) is 5.69. The van der Waals surface area contributed by atoms with Crippen LogP contribution in [0, 0.1) is 0 Å². The second-order valence-corrected chi connectivity index (χ2v) is 2.48. The van der Waals surface area contributed by atoms with Gasteiger partial charge in [0, 0.05) is 0 Å². The van der Waals surface area contributed by atoms with Crippen molar-refractivity contribution >= 4 is 17.7 Å². The van der Waals surface area contributed by atoms with Crippen molar-refractivity contribution in [3.63, 3.8) is 0 Å². The molecule has 0 spiro atoms. The summed E-state index contributed by atoms with van der Waals surface area (Å²) in [5.41, 5.74) is 4.16. The first kappa shape index (κ1) is 9.56. The third-order valence-corrected chi connectivity index (χ3v) is 1.34. The van der Waals surface area contributed by atoms with Crippen LogP contribution in [0.3, 0.4) is 0 Å². The number of ether oxygens (including phenoxy) is 1. The van der Waals surface area contributed by atoms with Crippen molar-refractivity contribution in [2.24, 2.45) is 5.73 Å². The van der Waals surface area contributed by atoms with Gasteiger partial charge in [-0.25, -0.2) is 4.79 Å². The normalized spacial score (nSPS) is 12.6. The second-order valence-electron chi connectivity index (χ2n) is 1.99. The van der Waals surface area contributed by atoms with Crippen molar-refractivity contribution in [2.45, 2.75) is 31.7 Å². The van der Waals surface area contributed by atoms with Gasteiger partial charge in [0.05, 0.1) is 0 Å². The maximum absolute atomic E-state index is 10.1. The summed E-state index contributed by atoms with van der Waals surface area (Å²) >= 11 is 5.53. The number of halogens is 1. The molecular weight excluding hydrogens is 154 g/mol.